The minimum absolute atomic E-state index is 0.107. The van der Waals surface area contributed by atoms with Crippen LogP contribution in [0.4, 0.5) is 15.3 Å². The summed E-state index contributed by atoms with van der Waals surface area (Å²) in [6.45, 7) is 8.12. The van der Waals surface area contributed by atoms with E-state index in [0.29, 0.717) is 26.2 Å². The molecule has 1 saturated heterocycles. The Bertz CT molecular complexity index is 1400. The number of carboxylic acids is 1. The zero-order chi connectivity index (χ0) is 29.9. The van der Waals surface area contributed by atoms with Crippen LogP contribution in [0.25, 0.3) is 11.1 Å². The molecule has 5 rings (SSSR count). The second-order valence-corrected chi connectivity index (χ2v) is 11.7. The van der Waals surface area contributed by atoms with Crippen LogP contribution in [0.15, 0.2) is 72.8 Å². The number of aliphatic carboxylic acids is 1. The van der Waals surface area contributed by atoms with Gasteiger partial charge in [-0.2, -0.15) is 0 Å². The van der Waals surface area contributed by atoms with Crippen molar-refractivity contribution in [2.45, 2.75) is 44.8 Å². The lowest BCUT2D eigenvalue weighted by Crippen LogP contribution is -2.50. The smallest absolute Gasteiger partial charge is 0.410 e. The van der Waals surface area contributed by atoms with E-state index >= 15 is 0 Å². The molecular weight excluding hydrogens is 534 g/mol. The van der Waals surface area contributed by atoms with Crippen LogP contribution in [-0.4, -0.2) is 72.6 Å². The van der Waals surface area contributed by atoms with Crippen LogP contribution in [0.5, 0.6) is 0 Å². The molecule has 0 saturated carbocycles. The number of carbonyl (C=O) groups excluding carboxylic acids is 2. The molecule has 2 amide bonds. The largest absolute Gasteiger partial charge is 0.480 e. The number of anilines is 1. The highest BCUT2D eigenvalue weighted by Crippen LogP contribution is 2.44. The van der Waals surface area contributed by atoms with Crippen molar-refractivity contribution < 1.29 is 29.0 Å². The summed E-state index contributed by atoms with van der Waals surface area (Å²) in [7, 11) is 0. The van der Waals surface area contributed by atoms with Crippen LogP contribution in [0.1, 0.15) is 43.4 Å². The molecule has 0 spiro atoms. The van der Waals surface area contributed by atoms with E-state index in [-0.39, 0.29) is 25.0 Å². The summed E-state index contributed by atoms with van der Waals surface area (Å²) >= 11 is 0. The fraction of sp³-hybridized carbons (Fsp3) is 0.364. The van der Waals surface area contributed by atoms with E-state index < -0.39 is 23.7 Å². The lowest BCUT2D eigenvalue weighted by molar-refractivity contribution is -0.139. The average Bonchev–Trinajstić information content (AvgIpc) is 3.29. The van der Waals surface area contributed by atoms with Gasteiger partial charge in [-0.1, -0.05) is 60.7 Å². The van der Waals surface area contributed by atoms with Gasteiger partial charge in [-0.15, -0.1) is 0 Å². The lowest BCUT2D eigenvalue weighted by Gasteiger charge is -2.36. The second-order valence-electron chi connectivity index (χ2n) is 11.7. The third kappa shape index (κ3) is 6.67. The molecule has 9 nitrogen and oxygen atoms in total. The number of carboxylic acid groups (broad SMARTS) is 1. The van der Waals surface area contributed by atoms with Gasteiger partial charge in [0.05, 0.1) is 0 Å². The number of hydrogen-bond donors (Lipinski definition) is 2. The van der Waals surface area contributed by atoms with Crippen molar-refractivity contribution in [3.8, 4) is 11.1 Å². The Balaban J connectivity index is 1.14. The number of hydrogen-bond acceptors (Lipinski definition) is 6. The first-order valence-corrected chi connectivity index (χ1v) is 14.2. The Morgan fingerprint density at radius 2 is 1.45 bits per heavy atom. The monoisotopic (exact) mass is 571 g/mol. The van der Waals surface area contributed by atoms with Crippen molar-refractivity contribution >= 4 is 23.8 Å². The van der Waals surface area contributed by atoms with Gasteiger partial charge in [0.15, 0.2) is 0 Å². The number of alkyl carbamates (subject to hydrolysis) is 1. The van der Waals surface area contributed by atoms with Gasteiger partial charge < -0.3 is 29.7 Å². The van der Waals surface area contributed by atoms with Crippen molar-refractivity contribution in [2.24, 2.45) is 0 Å². The molecule has 3 aromatic carbocycles. The highest BCUT2D eigenvalue weighted by molar-refractivity contribution is 5.81. The molecule has 1 atom stereocenters. The van der Waals surface area contributed by atoms with Crippen molar-refractivity contribution in [1.29, 1.82) is 0 Å². The summed E-state index contributed by atoms with van der Waals surface area (Å²) in [6, 6.07) is 22.6. The molecule has 1 unspecified atom stereocenters. The normalized spacial score (nSPS) is 15.4. The van der Waals surface area contributed by atoms with Crippen LogP contribution in [0, 0.1) is 0 Å². The van der Waals surface area contributed by atoms with E-state index in [4.69, 9.17) is 9.47 Å². The zero-order valence-electron chi connectivity index (χ0n) is 24.2. The molecule has 1 fully saturated rings. The summed E-state index contributed by atoms with van der Waals surface area (Å²) in [5.41, 5.74) is 5.66. The minimum atomic E-state index is -1.14. The van der Waals surface area contributed by atoms with Crippen molar-refractivity contribution in [3.05, 3.63) is 89.5 Å². The highest BCUT2D eigenvalue weighted by Gasteiger charge is 2.30. The quantitative estimate of drug-likeness (QED) is 0.397. The number of nitrogens with one attached hydrogen (secondary N) is 1. The first-order valence-electron chi connectivity index (χ1n) is 14.2. The summed E-state index contributed by atoms with van der Waals surface area (Å²) in [5, 5.41) is 12.3. The maximum Gasteiger partial charge on any atom is 0.410 e. The molecule has 1 heterocycles. The lowest BCUT2D eigenvalue weighted by atomic mass is 9.98. The molecular formula is C33H37N3O6. The van der Waals surface area contributed by atoms with Gasteiger partial charge >= 0.3 is 18.2 Å². The van der Waals surface area contributed by atoms with Crippen molar-refractivity contribution in [3.63, 3.8) is 0 Å². The molecule has 2 N–H and O–H groups in total. The maximum atomic E-state index is 12.7. The predicted octanol–water partition coefficient (Wildman–Crippen LogP) is 5.28. The van der Waals surface area contributed by atoms with Crippen LogP contribution in [0.2, 0.25) is 0 Å². The van der Waals surface area contributed by atoms with Gasteiger partial charge in [0.1, 0.15) is 18.2 Å². The van der Waals surface area contributed by atoms with E-state index in [9.17, 15) is 19.5 Å². The van der Waals surface area contributed by atoms with Gasteiger partial charge in [0.25, 0.3) is 0 Å². The molecule has 220 valence electrons. The minimum Gasteiger partial charge on any atom is -0.480 e. The van der Waals surface area contributed by atoms with Gasteiger partial charge in [-0.05, 0) is 60.7 Å². The Morgan fingerprint density at radius 3 is 2.00 bits per heavy atom. The summed E-state index contributed by atoms with van der Waals surface area (Å²) < 4.78 is 11.0. The molecule has 3 aromatic rings. The summed E-state index contributed by atoms with van der Waals surface area (Å²) in [6.07, 6.45) is -0.948. The number of amides is 2. The number of ether oxygens (including phenoxy) is 2. The fourth-order valence-corrected chi connectivity index (χ4v) is 5.53. The number of nitrogens with zero attached hydrogens (tertiary/aromatic N) is 2. The Labute approximate surface area is 246 Å². The van der Waals surface area contributed by atoms with E-state index in [1.165, 1.54) is 0 Å². The third-order valence-corrected chi connectivity index (χ3v) is 7.61. The predicted molar refractivity (Wildman–Crippen MR) is 160 cm³/mol. The third-order valence-electron chi connectivity index (χ3n) is 7.61. The molecule has 9 heteroatoms. The number of fused-ring (bicyclic) bond motifs is 3. The van der Waals surface area contributed by atoms with Gasteiger partial charge in [0, 0.05) is 44.2 Å². The number of piperazine rings is 1. The highest BCUT2D eigenvalue weighted by atomic mass is 16.6. The maximum absolute atomic E-state index is 12.7. The van der Waals surface area contributed by atoms with Crippen molar-refractivity contribution in [2.75, 3.05) is 37.7 Å². The number of carbonyl (C=O) groups is 3. The van der Waals surface area contributed by atoms with Crippen LogP contribution >= 0.6 is 0 Å². The van der Waals surface area contributed by atoms with Crippen LogP contribution < -0.4 is 10.2 Å². The van der Waals surface area contributed by atoms with Crippen molar-refractivity contribution in [1.82, 2.24) is 10.2 Å². The van der Waals surface area contributed by atoms with Crippen LogP contribution in [0.3, 0.4) is 0 Å². The standard InChI is InChI=1S/C33H37N3O6/c1-33(2,3)42-32(40)36-18-16-35(17-19-36)23-14-12-22(13-15-23)20-29(30(37)38)34-31(39)41-21-28-26-10-6-4-8-24(26)25-9-5-7-11-27(25)28/h4-15,28-29H,16-21H2,1-3H3,(H,34,39)(H,37,38). The number of rotatable bonds is 7. The van der Waals surface area contributed by atoms with Gasteiger partial charge in [0.2, 0.25) is 0 Å². The van der Waals surface area contributed by atoms with E-state index in [1.54, 1.807) is 4.90 Å². The summed E-state index contributed by atoms with van der Waals surface area (Å²) in [4.78, 5) is 40.9. The topological polar surface area (TPSA) is 108 Å². The fourth-order valence-electron chi connectivity index (χ4n) is 5.53. The molecule has 0 aromatic heterocycles. The molecule has 0 radical (unpaired) electrons. The van der Waals surface area contributed by atoms with E-state index in [2.05, 4.69) is 22.3 Å². The average molecular weight is 572 g/mol. The second kappa shape index (κ2) is 12.1. The Hall–Kier alpha value is -4.53. The molecule has 2 aliphatic rings. The van der Waals surface area contributed by atoms with Crippen LogP contribution in [-0.2, 0) is 20.7 Å². The molecule has 42 heavy (non-hydrogen) atoms. The number of benzene rings is 3. The van der Waals surface area contributed by atoms with E-state index in [0.717, 1.165) is 33.5 Å². The molecule has 1 aliphatic carbocycles. The van der Waals surface area contributed by atoms with E-state index in [1.807, 2.05) is 81.4 Å². The summed E-state index contributed by atoms with van der Waals surface area (Å²) in [5.74, 6) is -1.24. The molecule has 0 bridgehead atoms. The van der Waals surface area contributed by atoms with Gasteiger partial charge in [-0.25, -0.2) is 14.4 Å². The Morgan fingerprint density at radius 1 is 0.881 bits per heavy atom. The zero-order valence-corrected chi connectivity index (χ0v) is 24.2. The Kier molecular flexibility index (Phi) is 8.38. The first kappa shape index (κ1) is 29.0. The molecule has 1 aliphatic heterocycles. The first-order chi connectivity index (χ1) is 20.1. The van der Waals surface area contributed by atoms with Gasteiger partial charge in [-0.3, -0.25) is 0 Å². The SMILES string of the molecule is CC(C)(C)OC(=O)N1CCN(c2ccc(CC(NC(=O)OCC3c4ccccc4-c4ccccc43)C(=O)O)cc2)CC1.